The highest BCUT2D eigenvalue weighted by molar-refractivity contribution is 7.89. The number of nitrogens with one attached hydrogen (secondary N) is 3. The maximum absolute atomic E-state index is 13.0. The number of anilines is 3. The van der Waals surface area contributed by atoms with Crippen molar-refractivity contribution in [3.05, 3.63) is 48.0 Å². The van der Waals surface area contributed by atoms with E-state index in [0.717, 1.165) is 25.0 Å². The minimum atomic E-state index is -4.55. The molecule has 0 bridgehead atoms. The predicted molar refractivity (Wildman–Crippen MR) is 117 cm³/mol. The third-order valence-corrected chi connectivity index (χ3v) is 6.74. The van der Waals surface area contributed by atoms with Gasteiger partial charge in [-0.1, -0.05) is 6.07 Å². The van der Waals surface area contributed by atoms with Gasteiger partial charge in [-0.3, -0.25) is 0 Å². The first-order valence-electron chi connectivity index (χ1n) is 10.4. The molecule has 2 amide bonds. The number of halogens is 3. The van der Waals surface area contributed by atoms with Crippen LogP contribution in [-0.2, 0) is 20.9 Å². The Hall–Kier alpha value is -2.83. The van der Waals surface area contributed by atoms with Crippen LogP contribution in [0, 0.1) is 0 Å². The van der Waals surface area contributed by atoms with Gasteiger partial charge in [-0.25, -0.2) is 17.9 Å². The van der Waals surface area contributed by atoms with Crippen molar-refractivity contribution in [3.8, 4) is 0 Å². The number of ether oxygens (including phenoxy) is 1. The molecule has 0 atom stereocenters. The van der Waals surface area contributed by atoms with Crippen molar-refractivity contribution < 1.29 is 31.1 Å². The molecule has 0 radical (unpaired) electrons. The minimum absolute atomic E-state index is 0.0132. The summed E-state index contributed by atoms with van der Waals surface area (Å²) in [5.74, 6) is 0. The van der Waals surface area contributed by atoms with Crippen molar-refractivity contribution in [1.29, 1.82) is 0 Å². The summed E-state index contributed by atoms with van der Waals surface area (Å²) in [6.45, 7) is 2.02. The molecule has 0 unspecified atom stereocenters. The molecule has 2 aromatic carbocycles. The van der Waals surface area contributed by atoms with E-state index in [9.17, 15) is 26.4 Å². The van der Waals surface area contributed by atoms with Gasteiger partial charge in [0.15, 0.2) is 0 Å². The first-order valence-corrected chi connectivity index (χ1v) is 11.8. The van der Waals surface area contributed by atoms with Gasteiger partial charge in [-0.15, -0.1) is 0 Å². The molecular formula is C21H23F3N4O4S. The van der Waals surface area contributed by atoms with E-state index >= 15 is 0 Å². The smallest absolute Gasteiger partial charge is 0.378 e. The number of rotatable bonds is 6. The molecule has 1 heterocycles. The van der Waals surface area contributed by atoms with Crippen LogP contribution >= 0.6 is 0 Å². The summed E-state index contributed by atoms with van der Waals surface area (Å²) in [6.07, 6.45) is -3.00. The average molecular weight is 485 g/mol. The van der Waals surface area contributed by atoms with E-state index in [4.69, 9.17) is 4.74 Å². The SMILES string of the molecule is O=C(Nc1cccc(C(F)(F)F)c1)Nc1cc(S(=O)(=O)NC2CC2)ccc1N1CCOCC1. The van der Waals surface area contributed by atoms with Crippen LogP contribution in [0.25, 0.3) is 0 Å². The highest BCUT2D eigenvalue weighted by atomic mass is 32.2. The lowest BCUT2D eigenvalue weighted by Gasteiger charge is -2.30. The van der Waals surface area contributed by atoms with Crippen molar-refractivity contribution in [1.82, 2.24) is 4.72 Å². The van der Waals surface area contributed by atoms with Gasteiger partial charge in [0, 0.05) is 24.8 Å². The molecule has 4 rings (SSSR count). The van der Waals surface area contributed by atoms with Crippen LogP contribution < -0.4 is 20.3 Å². The zero-order valence-electron chi connectivity index (χ0n) is 17.5. The number of hydrogen-bond donors (Lipinski definition) is 3. The fraction of sp³-hybridized carbons (Fsp3) is 0.381. The fourth-order valence-electron chi connectivity index (χ4n) is 3.41. The Bertz CT molecular complexity index is 1130. The molecule has 178 valence electrons. The maximum atomic E-state index is 13.0. The van der Waals surface area contributed by atoms with Gasteiger partial charge in [0.25, 0.3) is 0 Å². The highest BCUT2D eigenvalue weighted by Gasteiger charge is 2.31. The molecule has 2 aromatic rings. The van der Waals surface area contributed by atoms with E-state index in [1.165, 1.54) is 24.3 Å². The second kappa shape index (κ2) is 9.20. The summed E-state index contributed by atoms with van der Waals surface area (Å²) in [6, 6.07) is 7.78. The summed E-state index contributed by atoms with van der Waals surface area (Å²) in [5, 5.41) is 4.97. The van der Waals surface area contributed by atoms with Crippen molar-refractivity contribution in [3.63, 3.8) is 0 Å². The predicted octanol–water partition coefficient (Wildman–Crippen LogP) is 3.63. The lowest BCUT2D eigenvalue weighted by Crippen LogP contribution is -2.37. The van der Waals surface area contributed by atoms with Crippen LogP contribution in [0.15, 0.2) is 47.4 Å². The van der Waals surface area contributed by atoms with Gasteiger partial charge in [0.2, 0.25) is 10.0 Å². The van der Waals surface area contributed by atoms with E-state index in [2.05, 4.69) is 15.4 Å². The lowest BCUT2D eigenvalue weighted by molar-refractivity contribution is -0.137. The fourth-order valence-corrected chi connectivity index (χ4v) is 4.74. The van der Waals surface area contributed by atoms with Crippen molar-refractivity contribution in [2.24, 2.45) is 0 Å². The summed E-state index contributed by atoms with van der Waals surface area (Å²) in [7, 11) is -3.77. The lowest BCUT2D eigenvalue weighted by atomic mass is 10.2. The molecule has 1 aliphatic carbocycles. The van der Waals surface area contributed by atoms with Gasteiger partial charge in [-0.2, -0.15) is 13.2 Å². The molecule has 0 aromatic heterocycles. The summed E-state index contributed by atoms with van der Waals surface area (Å²) < 4.78 is 72.1. The summed E-state index contributed by atoms with van der Waals surface area (Å²) in [5.41, 5.74) is -0.133. The molecule has 1 aliphatic heterocycles. The molecular weight excluding hydrogens is 461 g/mol. The second-order valence-corrected chi connectivity index (χ2v) is 9.55. The minimum Gasteiger partial charge on any atom is -0.378 e. The Morgan fingerprint density at radius 3 is 2.42 bits per heavy atom. The Kier molecular flexibility index (Phi) is 6.50. The van der Waals surface area contributed by atoms with Crippen molar-refractivity contribution >= 4 is 33.1 Å². The number of hydrogen-bond acceptors (Lipinski definition) is 5. The molecule has 3 N–H and O–H groups in total. The molecule has 2 fully saturated rings. The third kappa shape index (κ3) is 5.95. The number of benzene rings is 2. The normalized spacial score (nSPS) is 17.0. The summed E-state index contributed by atoms with van der Waals surface area (Å²) >= 11 is 0. The van der Waals surface area contributed by atoms with E-state index in [-0.39, 0.29) is 22.3 Å². The quantitative estimate of drug-likeness (QED) is 0.582. The average Bonchev–Trinajstić information content (AvgIpc) is 3.57. The van der Waals surface area contributed by atoms with E-state index in [1.54, 1.807) is 6.07 Å². The van der Waals surface area contributed by atoms with Gasteiger partial charge in [-0.05, 0) is 49.2 Å². The number of carbonyl (C=O) groups is 1. The van der Waals surface area contributed by atoms with Gasteiger partial charge >= 0.3 is 12.2 Å². The number of sulfonamides is 1. The van der Waals surface area contributed by atoms with Crippen LogP contribution in [0.1, 0.15) is 18.4 Å². The van der Waals surface area contributed by atoms with E-state index in [0.29, 0.717) is 32.0 Å². The van der Waals surface area contributed by atoms with Crippen LogP contribution in [0.4, 0.5) is 35.0 Å². The Morgan fingerprint density at radius 1 is 1.03 bits per heavy atom. The van der Waals surface area contributed by atoms with Crippen LogP contribution in [-0.4, -0.2) is 46.8 Å². The zero-order chi connectivity index (χ0) is 23.6. The topological polar surface area (TPSA) is 99.8 Å². The largest absolute Gasteiger partial charge is 0.416 e. The number of urea groups is 1. The molecule has 1 saturated carbocycles. The van der Waals surface area contributed by atoms with E-state index in [1.807, 2.05) is 4.90 Å². The van der Waals surface area contributed by atoms with Crippen molar-refractivity contribution in [2.75, 3.05) is 41.8 Å². The van der Waals surface area contributed by atoms with Gasteiger partial charge in [0.1, 0.15) is 0 Å². The van der Waals surface area contributed by atoms with E-state index < -0.39 is 27.8 Å². The third-order valence-electron chi connectivity index (χ3n) is 5.23. The van der Waals surface area contributed by atoms with Gasteiger partial charge < -0.3 is 20.3 Å². The number of amides is 2. The number of morpholine rings is 1. The Morgan fingerprint density at radius 2 is 1.76 bits per heavy atom. The highest BCUT2D eigenvalue weighted by Crippen LogP contribution is 2.32. The van der Waals surface area contributed by atoms with Crippen LogP contribution in [0.2, 0.25) is 0 Å². The number of alkyl halides is 3. The molecule has 0 spiro atoms. The second-order valence-electron chi connectivity index (χ2n) is 7.83. The number of carbonyl (C=O) groups excluding carboxylic acids is 1. The van der Waals surface area contributed by atoms with Crippen LogP contribution in [0.5, 0.6) is 0 Å². The number of nitrogens with zero attached hydrogens (tertiary/aromatic N) is 1. The molecule has 8 nitrogen and oxygen atoms in total. The maximum Gasteiger partial charge on any atom is 0.416 e. The molecule has 33 heavy (non-hydrogen) atoms. The molecule has 12 heteroatoms. The Labute approximate surface area is 189 Å². The molecule has 1 saturated heterocycles. The zero-order valence-corrected chi connectivity index (χ0v) is 18.3. The van der Waals surface area contributed by atoms with Crippen LogP contribution in [0.3, 0.4) is 0 Å². The molecule has 2 aliphatic rings. The standard InChI is InChI=1S/C21H23F3N4O4S/c22-21(23,24)14-2-1-3-16(12-14)25-20(29)26-18-13-17(33(30,31)27-15-4-5-15)6-7-19(18)28-8-10-32-11-9-28/h1-3,6-7,12-13,15,27H,4-5,8-11H2,(H2,25,26,29). The summed E-state index contributed by atoms with van der Waals surface area (Å²) in [4.78, 5) is 14.5. The van der Waals surface area contributed by atoms with Crippen molar-refractivity contribution in [2.45, 2.75) is 30.0 Å². The Balaban J connectivity index is 1.58. The van der Waals surface area contributed by atoms with Gasteiger partial charge in [0.05, 0.1) is 35.0 Å². The first kappa shape index (κ1) is 23.3. The monoisotopic (exact) mass is 484 g/mol. The first-order chi connectivity index (χ1) is 15.6.